The Morgan fingerprint density at radius 1 is 1.40 bits per heavy atom. The number of pyridine rings is 1. The topological polar surface area (TPSA) is 65.2 Å². The molecule has 0 aliphatic rings. The molecule has 2 aromatic heterocycles. The van der Waals surface area contributed by atoms with Crippen molar-refractivity contribution in [3.8, 4) is 17.3 Å². The van der Waals surface area contributed by atoms with Crippen molar-refractivity contribution in [1.82, 2.24) is 9.97 Å². The molecule has 0 saturated heterocycles. The van der Waals surface area contributed by atoms with E-state index in [0.29, 0.717) is 23.6 Å². The predicted octanol–water partition coefficient (Wildman–Crippen LogP) is 1.31. The molecule has 2 rings (SSSR count). The molecule has 5 heteroatoms. The molecule has 0 radical (unpaired) electrons. The molecule has 0 aromatic carbocycles. The minimum atomic E-state index is 0.0278. The van der Waals surface area contributed by atoms with Crippen LogP contribution in [0.25, 0.3) is 11.6 Å². The van der Waals surface area contributed by atoms with Crippen LogP contribution in [-0.4, -0.2) is 22.9 Å². The van der Waals surface area contributed by atoms with E-state index in [-0.39, 0.29) is 6.61 Å². The summed E-state index contributed by atoms with van der Waals surface area (Å²) < 4.78 is 10.1. The van der Waals surface area contributed by atoms with Crippen molar-refractivity contribution in [1.29, 1.82) is 0 Å². The molecule has 76 valence electrons. The summed E-state index contributed by atoms with van der Waals surface area (Å²) in [6.45, 7) is 0.0278. The summed E-state index contributed by atoms with van der Waals surface area (Å²) in [4.78, 5) is 18.1. The molecule has 0 unspecified atom stereocenters. The smallest absolute Gasteiger partial charge is 0.244 e. The van der Waals surface area contributed by atoms with Crippen LogP contribution >= 0.6 is 0 Å². The molecule has 0 aliphatic heterocycles. The Morgan fingerprint density at radius 2 is 2.33 bits per heavy atom. The molecule has 0 aliphatic carbocycles. The summed E-state index contributed by atoms with van der Waals surface area (Å²) in [5.41, 5.74) is 0.624. The van der Waals surface area contributed by atoms with Gasteiger partial charge < -0.3 is 9.15 Å². The van der Waals surface area contributed by atoms with Gasteiger partial charge in [0, 0.05) is 0 Å². The number of nitrogens with zero attached hydrogens (tertiary/aromatic N) is 2. The Labute approximate surface area is 85.7 Å². The third-order valence-corrected chi connectivity index (χ3v) is 1.71. The first kappa shape index (κ1) is 9.39. The maximum Gasteiger partial charge on any atom is 0.244 e. The molecular weight excluding hydrogens is 196 g/mol. The lowest BCUT2D eigenvalue weighted by atomic mass is 10.3. The van der Waals surface area contributed by atoms with Crippen molar-refractivity contribution in [3.63, 3.8) is 0 Å². The number of carbonyl (C=O) groups excluding carboxylic acids is 1. The normalized spacial score (nSPS) is 9.87. The molecule has 0 bridgehead atoms. The van der Waals surface area contributed by atoms with E-state index in [2.05, 4.69) is 9.97 Å². The number of ether oxygens (including phenoxy) is 1. The summed E-state index contributed by atoms with van der Waals surface area (Å²) in [5, 5.41) is 0. The van der Waals surface area contributed by atoms with Gasteiger partial charge in [-0.25, -0.2) is 9.97 Å². The van der Waals surface area contributed by atoms with Gasteiger partial charge in [-0.2, -0.15) is 0 Å². The number of hydrogen-bond acceptors (Lipinski definition) is 5. The maximum atomic E-state index is 10.1. The number of oxazole rings is 1. The molecule has 2 aromatic rings. The Hall–Kier alpha value is -2.17. The van der Waals surface area contributed by atoms with E-state index in [9.17, 15) is 4.79 Å². The Bertz CT molecular complexity index is 422. The van der Waals surface area contributed by atoms with Crippen LogP contribution in [0.5, 0.6) is 5.75 Å². The fourth-order valence-corrected chi connectivity index (χ4v) is 1.07. The van der Waals surface area contributed by atoms with Crippen LogP contribution in [-0.2, 0) is 4.79 Å². The quantitative estimate of drug-likeness (QED) is 0.702. The molecule has 0 fully saturated rings. The van der Waals surface area contributed by atoms with Crippen LogP contribution in [0.1, 0.15) is 0 Å². The fourth-order valence-electron chi connectivity index (χ4n) is 1.07. The lowest BCUT2D eigenvalue weighted by Crippen LogP contribution is -1.97. The van der Waals surface area contributed by atoms with Gasteiger partial charge in [-0.3, -0.25) is 4.79 Å². The zero-order valence-electron chi connectivity index (χ0n) is 7.79. The number of aldehydes is 1. The largest absolute Gasteiger partial charge is 0.485 e. The monoisotopic (exact) mass is 204 g/mol. The van der Waals surface area contributed by atoms with Crippen molar-refractivity contribution in [2.75, 3.05) is 6.61 Å². The van der Waals surface area contributed by atoms with E-state index in [1.807, 2.05) is 0 Å². The molecular formula is C10H8N2O3. The van der Waals surface area contributed by atoms with E-state index in [1.54, 1.807) is 18.3 Å². The Kier molecular flexibility index (Phi) is 2.73. The van der Waals surface area contributed by atoms with Crippen molar-refractivity contribution in [3.05, 3.63) is 30.8 Å². The molecule has 0 N–H and O–H groups in total. The van der Waals surface area contributed by atoms with Crippen molar-refractivity contribution >= 4 is 6.29 Å². The summed E-state index contributed by atoms with van der Waals surface area (Å²) >= 11 is 0. The molecule has 5 nitrogen and oxygen atoms in total. The average molecular weight is 204 g/mol. The predicted molar refractivity (Wildman–Crippen MR) is 51.3 cm³/mol. The van der Waals surface area contributed by atoms with Crippen LogP contribution < -0.4 is 4.74 Å². The summed E-state index contributed by atoms with van der Waals surface area (Å²) in [5.74, 6) is 0.995. The third kappa shape index (κ3) is 2.19. The second-order valence-corrected chi connectivity index (χ2v) is 2.69. The van der Waals surface area contributed by atoms with Crippen LogP contribution in [0.3, 0.4) is 0 Å². The standard InChI is InChI=1S/C10H8N2O3/c13-4-6-14-8-1-2-9(12-7-8)10-11-3-5-15-10/h1-5,7H,6H2. The van der Waals surface area contributed by atoms with Gasteiger partial charge in [0.25, 0.3) is 0 Å². The van der Waals surface area contributed by atoms with E-state index >= 15 is 0 Å². The minimum absolute atomic E-state index is 0.0278. The van der Waals surface area contributed by atoms with Gasteiger partial charge in [-0.15, -0.1) is 0 Å². The first-order valence-corrected chi connectivity index (χ1v) is 4.32. The van der Waals surface area contributed by atoms with Crippen LogP contribution in [0.15, 0.2) is 35.2 Å². The maximum absolute atomic E-state index is 10.1. The molecule has 2 heterocycles. The van der Waals surface area contributed by atoms with Gasteiger partial charge in [0.05, 0.1) is 12.4 Å². The highest BCUT2D eigenvalue weighted by Crippen LogP contribution is 2.17. The molecule has 0 amide bonds. The van der Waals surface area contributed by atoms with Crippen LogP contribution in [0.2, 0.25) is 0 Å². The van der Waals surface area contributed by atoms with Gasteiger partial charge in [0.1, 0.15) is 24.3 Å². The number of hydrogen-bond donors (Lipinski definition) is 0. The molecule has 15 heavy (non-hydrogen) atoms. The first-order valence-electron chi connectivity index (χ1n) is 4.32. The first-order chi connectivity index (χ1) is 7.40. The van der Waals surface area contributed by atoms with E-state index in [4.69, 9.17) is 9.15 Å². The summed E-state index contributed by atoms with van der Waals surface area (Å²) in [6, 6.07) is 3.42. The highest BCUT2D eigenvalue weighted by Gasteiger charge is 2.03. The molecule has 0 saturated carbocycles. The van der Waals surface area contributed by atoms with Crippen LogP contribution in [0.4, 0.5) is 0 Å². The highest BCUT2D eigenvalue weighted by molar-refractivity contribution is 5.52. The average Bonchev–Trinajstić information content (AvgIpc) is 2.80. The summed E-state index contributed by atoms with van der Waals surface area (Å²) in [6.07, 6.45) is 5.23. The SMILES string of the molecule is O=CCOc1ccc(-c2ncco2)nc1. The Balaban J connectivity index is 2.14. The zero-order chi connectivity index (χ0) is 10.5. The minimum Gasteiger partial charge on any atom is -0.485 e. The van der Waals surface area contributed by atoms with Gasteiger partial charge in [0.2, 0.25) is 5.89 Å². The molecule has 0 atom stereocenters. The lowest BCUT2D eigenvalue weighted by Gasteiger charge is -2.01. The van der Waals surface area contributed by atoms with Crippen molar-refractivity contribution < 1.29 is 13.9 Å². The van der Waals surface area contributed by atoms with Crippen molar-refractivity contribution in [2.24, 2.45) is 0 Å². The van der Waals surface area contributed by atoms with Gasteiger partial charge in [-0.1, -0.05) is 0 Å². The van der Waals surface area contributed by atoms with Crippen molar-refractivity contribution in [2.45, 2.75) is 0 Å². The third-order valence-electron chi connectivity index (χ3n) is 1.71. The second-order valence-electron chi connectivity index (χ2n) is 2.69. The van der Waals surface area contributed by atoms with Gasteiger partial charge >= 0.3 is 0 Å². The molecule has 0 spiro atoms. The van der Waals surface area contributed by atoms with Gasteiger partial charge in [-0.05, 0) is 12.1 Å². The zero-order valence-corrected chi connectivity index (χ0v) is 7.79. The second kappa shape index (κ2) is 4.36. The fraction of sp³-hybridized carbons (Fsp3) is 0.100. The highest BCUT2D eigenvalue weighted by atomic mass is 16.5. The van der Waals surface area contributed by atoms with E-state index < -0.39 is 0 Å². The number of carbonyl (C=O) groups is 1. The number of aromatic nitrogens is 2. The Morgan fingerprint density at radius 3 is 2.93 bits per heavy atom. The number of rotatable bonds is 4. The van der Waals surface area contributed by atoms with Gasteiger partial charge in [0.15, 0.2) is 6.29 Å². The lowest BCUT2D eigenvalue weighted by molar-refractivity contribution is -0.109. The van der Waals surface area contributed by atoms with E-state index in [1.165, 1.54) is 12.5 Å². The summed E-state index contributed by atoms with van der Waals surface area (Å²) in [7, 11) is 0. The van der Waals surface area contributed by atoms with Crippen LogP contribution in [0, 0.1) is 0 Å². The van der Waals surface area contributed by atoms with E-state index in [0.717, 1.165) is 0 Å².